The second-order valence-corrected chi connectivity index (χ2v) is 2.48. The van der Waals surface area contributed by atoms with Crippen molar-refractivity contribution in [3.05, 3.63) is 12.7 Å². The van der Waals surface area contributed by atoms with Crippen LogP contribution >= 0.6 is 0 Å². The third-order valence-corrected chi connectivity index (χ3v) is 1.79. The monoisotopic (exact) mass is 158 g/mol. The van der Waals surface area contributed by atoms with E-state index >= 15 is 0 Å². The molecule has 0 aliphatic heterocycles. The Balaban J connectivity index is 3.85. The standard InChI is InChI=1S/C8H18N2O/c1-4-6-7(10-9)8(5-2)11-3/h4,7-8,10H,1,5-6,9H2,2-3H3. The summed E-state index contributed by atoms with van der Waals surface area (Å²) in [5.74, 6) is 5.33. The highest BCUT2D eigenvalue weighted by Gasteiger charge is 2.15. The van der Waals surface area contributed by atoms with Crippen LogP contribution in [0, 0.1) is 0 Å². The Morgan fingerprint density at radius 1 is 1.73 bits per heavy atom. The molecule has 0 aromatic rings. The quantitative estimate of drug-likeness (QED) is 0.342. The van der Waals surface area contributed by atoms with Gasteiger partial charge in [0.05, 0.1) is 12.1 Å². The Kier molecular flexibility index (Phi) is 6.12. The second-order valence-electron chi connectivity index (χ2n) is 2.48. The number of nitrogens with one attached hydrogen (secondary N) is 1. The van der Waals surface area contributed by atoms with Gasteiger partial charge in [0, 0.05) is 7.11 Å². The van der Waals surface area contributed by atoms with Gasteiger partial charge in [-0.15, -0.1) is 6.58 Å². The maximum Gasteiger partial charge on any atom is 0.0738 e. The number of hydrogen-bond donors (Lipinski definition) is 2. The zero-order chi connectivity index (χ0) is 8.69. The second kappa shape index (κ2) is 6.34. The third-order valence-electron chi connectivity index (χ3n) is 1.79. The first-order valence-corrected chi connectivity index (χ1v) is 3.89. The van der Waals surface area contributed by atoms with Crippen molar-refractivity contribution in [3.63, 3.8) is 0 Å². The molecule has 0 amide bonds. The third kappa shape index (κ3) is 3.51. The van der Waals surface area contributed by atoms with Gasteiger partial charge in [0.15, 0.2) is 0 Å². The van der Waals surface area contributed by atoms with Gasteiger partial charge in [-0.05, 0) is 12.8 Å². The van der Waals surface area contributed by atoms with Crippen LogP contribution in [0.4, 0.5) is 0 Å². The molecular weight excluding hydrogens is 140 g/mol. The molecule has 0 aliphatic carbocycles. The largest absolute Gasteiger partial charge is 0.380 e. The Morgan fingerprint density at radius 2 is 2.36 bits per heavy atom. The highest BCUT2D eigenvalue weighted by atomic mass is 16.5. The van der Waals surface area contributed by atoms with Crippen molar-refractivity contribution in [1.82, 2.24) is 5.43 Å². The summed E-state index contributed by atoms with van der Waals surface area (Å²) < 4.78 is 5.21. The number of hydrogen-bond acceptors (Lipinski definition) is 3. The van der Waals surface area contributed by atoms with Crippen LogP contribution in [-0.4, -0.2) is 19.3 Å². The fourth-order valence-corrected chi connectivity index (χ4v) is 1.12. The van der Waals surface area contributed by atoms with E-state index in [0.717, 1.165) is 12.8 Å². The summed E-state index contributed by atoms with van der Waals surface area (Å²) in [6.45, 7) is 5.72. The van der Waals surface area contributed by atoms with Gasteiger partial charge in [-0.1, -0.05) is 13.0 Å². The summed E-state index contributed by atoms with van der Waals surface area (Å²) in [5, 5.41) is 0. The summed E-state index contributed by atoms with van der Waals surface area (Å²) in [6.07, 6.45) is 3.81. The number of methoxy groups -OCH3 is 1. The zero-order valence-corrected chi connectivity index (χ0v) is 7.34. The SMILES string of the molecule is C=CCC(NN)C(CC)OC. The molecule has 0 rings (SSSR count). The molecule has 0 bridgehead atoms. The fraction of sp³-hybridized carbons (Fsp3) is 0.750. The molecule has 3 nitrogen and oxygen atoms in total. The van der Waals surface area contributed by atoms with Gasteiger partial charge in [0.1, 0.15) is 0 Å². The van der Waals surface area contributed by atoms with Gasteiger partial charge in [-0.25, -0.2) is 0 Å². The lowest BCUT2D eigenvalue weighted by molar-refractivity contribution is 0.0662. The molecule has 2 unspecified atom stereocenters. The van der Waals surface area contributed by atoms with Gasteiger partial charge in [0.25, 0.3) is 0 Å². The molecule has 0 aromatic heterocycles. The number of ether oxygens (including phenoxy) is 1. The molecule has 0 heterocycles. The van der Waals surface area contributed by atoms with Crippen LogP contribution in [0.1, 0.15) is 19.8 Å². The van der Waals surface area contributed by atoms with Gasteiger partial charge >= 0.3 is 0 Å². The van der Waals surface area contributed by atoms with Crippen molar-refractivity contribution in [2.45, 2.75) is 31.9 Å². The predicted molar refractivity (Wildman–Crippen MR) is 47.0 cm³/mol. The Labute approximate surface area is 68.6 Å². The summed E-state index contributed by atoms with van der Waals surface area (Å²) in [6, 6.07) is 0.183. The highest BCUT2D eigenvalue weighted by molar-refractivity contribution is 4.82. The van der Waals surface area contributed by atoms with E-state index in [1.54, 1.807) is 7.11 Å². The zero-order valence-electron chi connectivity index (χ0n) is 7.34. The first kappa shape index (κ1) is 10.6. The van der Waals surface area contributed by atoms with Crippen LogP contribution in [0.2, 0.25) is 0 Å². The minimum Gasteiger partial charge on any atom is -0.380 e. The van der Waals surface area contributed by atoms with E-state index in [2.05, 4.69) is 18.9 Å². The Morgan fingerprint density at radius 3 is 2.64 bits per heavy atom. The van der Waals surface area contributed by atoms with Gasteiger partial charge < -0.3 is 4.74 Å². The Bertz CT molecular complexity index is 102. The van der Waals surface area contributed by atoms with Crippen molar-refractivity contribution < 1.29 is 4.74 Å². The average molecular weight is 158 g/mol. The van der Waals surface area contributed by atoms with Crippen molar-refractivity contribution in [2.75, 3.05) is 7.11 Å². The molecule has 2 atom stereocenters. The van der Waals surface area contributed by atoms with E-state index < -0.39 is 0 Å². The summed E-state index contributed by atoms with van der Waals surface area (Å²) >= 11 is 0. The van der Waals surface area contributed by atoms with E-state index in [9.17, 15) is 0 Å². The molecule has 11 heavy (non-hydrogen) atoms. The van der Waals surface area contributed by atoms with Crippen molar-refractivity contribution in [1.29, 1.82) is 0 Å². The smallest absolute Gasteiger partial charge is 0.0738 e. The predicted octanol–water partition coefficient (Wildman–Crippen LogP) is 0.819. The van der Waals surface area contributed by atoms with Crippen molar-refractivity contribution >= 4 is 0 Å². The summed E-state index contributed by atoms with van der Waals surface area (Å²) in [5.41, 5.74) is 2.71. The maximum absolute atomic E-state index is 5.33. The minimum atomic E-state index is 0.179. The topological polar surface area (TPSA) is 47.3 Å². The number of rotatable bonds is 6. The molecule has 0 fully saturated rings. The molecule has 0 aromatic carbocycles. The van der Waals surface area contributed by atoms with Gasteiger partial charge in [-0.2, -0.15) is 0 Å². The summed E-state index contributed by atoms with van der Waals surface area (Å²) in [4.78, 5) is 0. The Hall–Kier alpha value is -0.380. The molecule has 0 aliphatic rings. The number of hydrazine groups is 1. The van der Waals surface area contributed by atoms with Crippen molar-refractivity contribution in [3.8, 4) is 0 Å². The van der Waals surface area contributed by atoms with Crippen LogP contribution in [0.5, 0.6) is 0 Å². The van der Waals surface area contributed by atoms with Crippen LogP contribution in [0.3, 0.4) is 0 Å². The molecule has 66 valence electrons. The van der Waals surface area contributed by atoms with Crippen LogP contribution in [0.25, 0.3) is 0 Å². The highest BCUT2D eigenvalue weighted by Crippen LogP contribution is 2.06. The molecular formula is C8H18N2O. The lowest BCUT2D eigenvalue weighted by Gasteiger charge is -2.22. The van der Waals surface area contributed by atoms with E-state index in [1.165, 1.54) is 0 Å². The van der Waals surface area contributed by atoms with E-state index in [0.29, 0.717) is 0 Å². The van der Waals surface area contributed by atoms with E-state index in [4.69, 9.17) is 10.6 Å². The van der Waals surface area contributed by atoms with Crippen LogP contribution in [0.15, 0.2) is 12.7 Å². The molecule has 0 saturated heterocycles. The molecule has 0 radical (unpaired) electrons. The normalized spacial score (nSPS) is 15.9. The van der Waals surface area contributed by atoms with E-state index in [1.807, 2.05) is 6.08 Å². The number of nitrogens with two attached hydrogens (primary N) is 1. The van der Waals surface area contributed by atoms with Crippen LogP contribution in [-0.2, 0) is 4.74 Å². The molecule has 3 N–H and O–H groups in total. The lowest BCUT2D eigenvalue weighted by atomic mass is 10.1. The molecule has 3 heteroatoms. The molecule has 0 spiro atoms. The van der Waals surface area contributed by atoms with Gasteiger partial charge in [-0.3, -0.25) is 11.3 Å². The maximum atomic E-state index is 5.33. The first-order chi connectivity index (χ1) is 5.29. The molecule has 0 saturated carbocycles. The van der Waals surface area contributed by atoms with Crippen molar-refractivity contribution in [2.24, 2.45) is 5.84 Å². The fourth-order valence-electron chi connectivity index (χ4n) is 1.12. The van der Waals surface area contributed by atoms with Gasteiger partial charge in [0.2, 0.25) is 0 Å². The first-order valence-electron chi connectivity index (χ1n) is 3.89. The van der Waals surface area contributed by atoms with Crippen LogP contribution < -0.4 is 11.3 Å². The minimum absolute atomic E-state index is 0.179. The average Bonchev–Trinajstić information content (AvgIpc) is 2.05. The summed E-state index contributed by atoms with van der Waals surface area (Å²) in [7, 11) is 1.70. The lowest BCUT2D eigenvalue weighted by Crippen LogP contribution is -2.44. The van der Waals surface area contributed by atoms with E-state index in [-0.39, 0.29) is 12.1 Å².